The van der Waals surface area contributed by atoms with E-state index in [9.17, 15) is 14.7 Å². The highest BCUT2D eigenvalue weighted by Crippen LogP contribution is 2.41. The number of hydrogen-bond acceptors (Lipinski definition) is 6. The van der Waals surface area contributed by atoms with Crippen LogP contribution in [0.1, 0.15) is 43.0 Å². The molecule has 7 heteroatoms. The topological polar surface area (TPSA) is 85.3 Å². The first-order chi connectivity index (χ1) is 15.9. The molecule has 1 saturated heterocycles. The van der Waals surface area contributed by atoms with Crippen LogP contribution in [0.2, 0.25) is 0 Å². The minimum atomic E-state index is -0.717. The van der Waals surface area contributed by atoms with Crippen LogP contribution in [-0.2, 0) is 20.7 Å². The summed E-state index contributed by atoms with van der Waals surface area (Å²) in [6, 6.07) is 11.9. The highest BCUT2D eigenvalue weighted by molar-refractivity contribution is 6.46. The predicted molar refractivity (Wildman–Crippen MR) is 123 cm³/mol. The Kier molecular flexibility index (Phi) is 6.70. The molecule has 33 heavy (non-hydrogen) atoms. The van der Waals surface area contributed by atoms with Gasteiger partial charge >= 0.3 is 0 Å². The maximum atomic E-state index is 13.1. The molecule has 1 amide bonds. The molecule has 7 nitrogen and oxygen atoms in total. The van der Waals surface area contributed by atoms with Crippen LogP contribution in [0.15, 0.2) is 48.0 Å². The molecular formula is C26H29NO6. The molecule has 2 aromatic rings. The lowest BCUT2D eigenvalue weighted by Crippen LogP contribution is -2.31. The number of aliphatic hydroxyl groups is 1. The van der Waals surface area contributed by atoms with Crippen molar-refractivity contribution in [2.75, 3.05) is 26.9 Å². The lowest BCUT2D eigenvalue weighted by molar-refractivity contribution is -0.140. The van der Waals surface area contributed by atoms with Gasteiger partial charge in [0.15, 0.2) is 0 Å². The number of benzene rings is 2. The van der Waals surface area contributed by atoms with E-state index in [1.807, 2.05) is 44.2 Å². The molecule has 0 spiro atoms. The molecule has 0 aromatic heterocycles. The standard InChI is InChI=1S/C26H29NO6/c1-4-32-20-8-5-7-17(15-20)23-22(25(29)26(30)27(23)11-6-12-31-3)24(28)18-9-10-21-19(14-18)13-16(2)33-21/h5,7-10,14-16,23,28H,4,6,11-13H2,1-3H3/b24-22+/t16-,23+/m1/s1. The minimum Gasteiger partial charge on any atom is -0.507 e. The highest BCUT2D eigenvalue weighted by Gasteiger charge is 2.46. The quantitative estimate of drug-likeness (QED) is 0.284. The number of hydrogen-bond donors (Lipinski definition) is 1. The third-order valence-electron chi connectivity index (χ3n) is 5.94. The summed E-state index contributed by atoms with van der Waals surface area (Å²) < 4.78 is 16.5. The molecule has 0 saturated carbocycles. The summed E-state index contributed by atoms with van der Waals surface area (Å²) in [6.45, 7) is 5.15. The van der Waals surface area contributed by atoms with E-state index >= 15 is 0 Å². The molecule has 174 valence electrons. The Morgan fingerprint density at radius 1 is 1.21 bits per heavy atom. The van der Waals surface area contributed by atoms with Crippen molar-refractivity contribution in [1.82, 2.24) is 4.90 Å². The van der Waals surface area contributed by atoms with Gasteiger partial charge in [-0.15, -0.1) is 0 Å². The minimum absolute atomic E-state index is 0.0602. The van der Waals surface area contributed by atoms with Gasteiger partial charge in [-0.1, -0.05) is 12.1 Å². The molecule has 1 fully saturated rings. The zero-order chi connectivity index (χ0) is 23.5. The molecule has 0 radical (unpaired) electrons. The smallest absolute Gasteiger partial charge is 0.295 e. The predicted octanol–water partition coefficient (Wildman–Crippen LogP) is 3.87. The molecule has 4 rings (SSSR count). The summed E-state index contributed by atoms with van der Waals surface area (Å²) in [5, 5.41) is 11.3. The van der Waals surface area contributed by atoms with Crippen LogP contribution >= 0.6 is 0 Å². The van der Waals surface area contributed by atoms with E-state index in [0.717, 1.165) is 17.7 Å². The fourth-order valence-corrected chi connectivity index (χ4v) is 4.50. The van der Waals surface area contributed by atoms with Crippen LogP contribution in [0.5, 0.6) is 11.5 Å². The first-order valence-corrected chi connectivity index (χ1v) is 11.2. The SMILES string of the molecule is CCOc1cccc([C@H]2/C(=C(\O)c3ccc4c(c3)C[C@@H](C)O4)C(=O)C(=O)N2CCCOC)c1. The summed E-state index contributed by atoms with van der Waals surface area (Å²) in [6.07, 6.45) is 1.35. The number of ketones is 1. The molecule has 0 aliphatic carbocycles. The zero-order valence-corrected chi connectivity index (χ0v) is 19.2. The van der Waals surface area contributed by atoms with Crippen LogP contribution in [-0.4, -0.2) is 54.7 Å². The van der Waals surface area contributed by atoms with Gasteiger partial charge in [-0.2, -0.15) is 0 Å². The summed E-state index contributed by atoms with van der Waals surface area (Å²) in [5.74, 6) is -0.0858. The summed E-state index contributed by atoms with van der Waals surface area (Å²) in [4.78, 5) is 27.7. The molecule has 2 aromatic carbocycles. The Morgan fingerprint density at radius 2 is 2.03 bits per heavy atom. The third kappa shape index (κ3) is 4.46. The van der Waals surface area contributed by atoms with Crippen LogP contribution in [0.3, 0.4) is 0 Å². The molecule has 2 atom stereocenters. The fourth-order valence-electron chi connectivity index (χ4n) is 4.50. The maximum absolute atomic E-state index is 13.1. The number of nitrogens with zero attached hydrogens (tertiary/aromatic N) is 1. The van der Waals surface area contributed by atoms with Gasteiger partial charge in [0.25, 0.3) is 11.7 Å². The van der Waals surface area contributed by atoms with Crippen LogP contribution in [0.25, 0.3) is 5.76 Å². The number of likely N-dealkylation sites (tertiary alicyclic amines) is 1. The van der Waals surface area contributed by atoms with E-state index < -0.39 is 17.7 Å². The Labute approximate surface area is 193 Å². The van der Waals surface area contributed by atoms with Crippen molar-refractivity contribution in [3.8, 4) is 11.5 Å². The number of Topliss-reactive ketones (excluding diaryl/α,β-unsaturated/α-hetero) is 1. The van der Waals surface area contributed by atoms with Gasteiger partial charge in [-0.05, 0) is 61.7 Å². The number of ether oxygens (including phenoxy) is 3. The van der Waals surface area contributed by atoms with E-state index in [1.54, 1.807) is 19.2 Å². The molecule has 1 N–H and O–H groups in total. The third-order valence-corrected chi connectivity index (χ3v) is 5.94. The van der Waals surface area contributed by atoms with Crippen molar-refractivity contribution in [2.24, 2.45) is 0 Å². The Bertz CT molecular complexity index is 1090. The molecule has 0 unspecified atom stereocenters. The largest absolute Gasteiger partial charge is 0.507 e. The van der Waals surface area contributed by atoms with Gasteiger partial charge in [-0.3, -0.25) is 9.59 Å². The van der Waals surface area contributed by atoms with Crippen LogP contribution < -0.4 is 9.47 Å². The highest BCUT2D eigenvalue weighted by atomic mass is 16.5. The van der Waals surface area contributed by atoms with Crippen molar-refractivity contribution < 1.29 is 28.9 Å². The number of rotatable bonds is 8. The van der Waals surface area contributed by atoms with Gasteiger partial charge in [0, 0.05) is 32.2 Å². The fraction of sp³-hybridized carbons (Fsp3) is 0.385. The second-order valence-corrected chi connectivity index (χ2v) is 8.30. The summed E-state index contributed by atoms with van der Waals surface area (Å²) in [7, 11) is 1.59. The van der Waals surface area contributed by atoms with Crippen molar-refractivity contribution in [1.29, 1.82) is 0 Å². The molecule has 0 bridgehead atoms. The van der Waals surface area contributed by atoms with Crippen molar-refractivity contribution in [3.63, 3.8) is 0 Å². The zero-order valence-electron chi connectivity index (χ0n) is 19.2. The summed E-state index contributed by atoms with van der Waals surface area (Å²) in [5.41, 5.74) is 2.25. The van der Waals surface area contributed by atoms with E-state index in [0.29, 0.717) is 43.1 Å². The monoisotopic (exact) mass is 451 g/mol. The van der Waals surface area contributed by atoms with E-state index in [1.165, 1.54) is 4.90 Å². The number of amides is 1. The molecule has 2 heterocycles. The Morgan fingerprint density at radius 3 is 2.79 bits per heavy atom. The normalized spacial score (nSPS) is 21.2. The lowest BCUT2D eigenvalue weighted by Gasteiger charge is -2.25. The first-order valence-electron chi connectivity index (χ1n) is 11.2. The van der Waals surface area contributed by atoms with Crippen molar-refractivity contribution in [2.45, 2.75) is 38.8 Å². The summed E-state index contributed by atoms with van der Waals surface area (Å²) >= 11 is 0. The second kappa shape index (κ2) is 9.67. The van der Waals surface area contributed by atoms with Gasteiger partial charge < -0.3 is 24.2 Å². The van der Waals surface area contributed by atoms with Gasteiger partial charge in [0.2, 0.25) is 0 Å². The van der Waals surface area contributed by atoms with Gasteiger partial charge in [0.05, 0.1) is 18.2 Å². The lowest BCUT2D eigenvalue weighted by atomic mass is 9.94. The Balaban J connectivity index is 1.80. The Hall–Kier alpha value is -3.32. The number of carbonyl (C=O) groups is 2. The number of aliphatic hydroxyl groups excluding tert-OH is 1. The second-order valence-electron chi connectivity index (χ2n) is 8.30. The number of fused-ring (bicyclic) bond motifs is 1. The van der Waals surface area contributed by atoms with Crippen LogP contribution in [0, 0.1) is 0 Å². The van der Waals surface area contributed by atoms with Crippen molar-refractivity contribution in [3.05, 3.63) is 64.7 Å². The molecular weight excluding hydrogens is 422 g/mol. The maximum Gasteiger partial charge on any atom is 0.295 e. The first kappa shape index (κ1) is 22.9. The average Bonchev–Trinajstić information content (AvgIpc) is 3.30. The van der Waals surface area contributed by atoms with Crippen molar-refractivity contribution >= 4 is 17.4 Å². The van der Waals surface area contributed by atoms with E-state index in [-0.39, 0.29) is 17.4 Å². The van der Waals surface area contributed by atoms with Gasteiger partial charge in [0.1, 0.15) is 23.4 Å². The van der Waals surface area contributed by atoms with Crippen LogP contribution in [0.4, 0.5) is 0 Å². The molecule has 2 aliphatic heterocycles. The average molecular weight is 452 g/mol. The number of carbonyl (C=O) groups excluding carboxylic acids is 2. The van der Waals surface area contributed by atoms with Gasteiger partial charge in [-0.25, -0.2) is 0 Å². The molecule has 2 aliphatic rings. The van der Waals surface area contributed by atoms with E-state index in [2.05, 4.69) is 0 Å². The number of methoxy groups -OCH3 is 1. The van der Waals surface area contributed by atoms with E-state index in [4.69, 9.17) is 14.2 Å².